The second-order valence-electron chi connectivity index (χ2n) is 6.83. The summed E-state index contributed by atoms with van der Waals surface area (Å²) in [5.74, 6) is 0.623. The molecule has 1 aliphatic rings. The van der Waals surface area contributed by atoms with E-state index in [9.17, 15) is 4.39 Å². The van der Waals surface area contributed by atoms with Crippen molar-refractivity contribution in [2.24, 2.45) is 0 Å². The number of hydrogen-bond donors (Lipinski definition) is 3. The van der Waals surface area contributed by atoms with Crippen molar-refractivity contribution in [3.63, 3.8) is 0 Å². The number of benzene rings is 2. The number of pyridine rings is 1. The number of anilines is 2. The Bertz CT molecular complexity index is 928. The Kier molecular flexibility index (Phi) is 4.47. The molecular formula is C21H23FN4. The number of fused-ring (bicyclic) bond motifs is 1. The van der Waals surface area contributed by atoms with Crippen LogP contribution >= 0.6 is 0 Å². The van der Waals surface area contributed by atoms with E-state index in [-0.39, 0.29) is 5.82 Å². The van der Waals surface area contributed by atoms with Crippen LogP contribution < -0.4 is 16.0 Å². The zero-order valence-corrected chi connectivity index (χ0v) is 15.1. The number of nitrogens with zero attached hydrogens (tertiary/aromatic N) is 1. The first-order valence-corrected chi connectivity index (χ1v) is 9.00. The van der Waals surface area contributed by atoms with Gasteiger partial charge in [0, 0.05) is 47.9 Å². The van der Waals surface area contributed by atoms with Crippen LogP contribution in [0.1, 0.15) is 12.0 Å². The van der Waals surface area contributed by atoms with Crippen LogP contribution in [0.15, 0.2) is 42.6 Å². The molecule has 0 spiro atoms. The van der Waals surface area contributed by atoms with Crippen LogP contribution in [0.3, 0.4) is 0 Å². The summed E-state index contributed by atoms with van der Waals surface area (Å²) in [6.07, 6.45) is 2.92. The monoisotopic (exact) mass is 350 g/mol. The van der Waals surface area contributed by atoms with Gasteiger partial charge in [0.2, 0.25) is 0 Å². The third kappa shape index (κ3) is 3.10. The molecule has 4 nitrogen and oxygen atoms in total. The summed E-state index contributed by atoms with van der Waals surface area (Å²) in [5.41, 5.74) is 3.48. The lowest BCUT2D eigenvalue weighted by Gasteiger charge is -2.18. The highest BCUT2D eigenvalue weighted by atomic mass is 19.1. The van der Waals surface area contributed by atoms with Crippen molar-refractivity contribution in [2.45, 2.75) is 19.4 Å². The molecule has 1 unspecified atom stereocenters. The molecule has 4 rings (SSSR count). The van der Waals surface area contributed by atoms with Gasteiger partial charge in [0.15, 0.2) is 0 Å². The fourth-order valence-corrected chi connectivity index (χ4v) is 3.65. The predicted molar refractivity (Wildman–Crippen MR) is 106 cm³/mol. The van der Waals surface area contributed by atoms with Crippen molar-refractivity contribution in [1.29, 1.82) is 0 Å². The first-order chi connectivity index (χ1) is 12.7. The van der Waals surface area contributed by atoms with E-state index in [1.807, 2.05) is 38.4 Å². The van der Waals surface area contributed by atoms with Crippen molar-refractivity contribution in [3.8, 4) is 11.1 Å². The maximum Gasteiger partial charge on any atom is 0.131 e. The lowest BCUT2D eigenvalue weighted by molar-refractivity contribution is 0.630. The van der Waals surface area contributed by atoms with E-state index in [4.69, 9.17) is 0 Å². The van der Waals surface area contributed by atoms with E-state index in [0.29, 0.717) is 11.6 Å². The predicted octanol–water partition coefficient (Wildman–Crippen LogP) is 4.16. The Morgan fingerprint density at radius 1 is 1.23 bits per heavy atom. The molecule has 1 fully saturated rings. The fraction of sp³-hybridized carbons (Fsp3) is 0.286. The van der Waals surface area contributed by atoms with Crippen LogP contribution in [0.5, 0.6) is 0 Å². The third-order valence-electron chi connectivity index (χ3n) is 5.02. The van der Waals surface area contributed by atoms with Crippen molar-refractivity contribution in [1.82, 2.24) is 10.3 Å². The van der Waals surface area contributed by atoms with Gasteiger partial charge >= 0.3 is 0 Å². The quantitative estimate of drug-likeness (QED) is 0.661. The van der Waals surface area contributed by atoms with Gasteiger partial charge in [0.25, 0.3) is 0 Å². The second-order valence-corrected chi connectivity index (χ2v) is 6.83. The molecule has 2 heterocycles. The smallest absolute Gasteiger partial charge is 0.131 e. The highest BCUT2D eigenvalue weighted by Crippen LogP contribution is 2.35. The van der Waals surface area contributed by atoms with E-state index >= 15 is 0 Å². The number of aromatic nitrogens is 1. The number of hydrogen-bond acceptors (Lipinski definition) is 4. The van der Waals surface area contributed by atoms with Gasteiger partial charge in [0.1, 0.15) is 11.6 Å². The molecule has 0 amide bonds. The van der Waals surface area contributed by atoms with Gasteiger partial charge in [-0.2, -0.15) is 0 Å². The summed E-state index contributed by atoms with van der Waals surface area (Å²) in [5, 5.41) is 12.2. The first kappa shape index (κ1) is 16.8. The number of rotatable bonds is 4. The van der Waals surface area contributed by atoms with Crippen LogP contribution in [0.2, 0.25) is 0 Å². The molecule has 5 heteroatoms. The van der Waals surface area contributed by atoms with Gasteiger partial charge in [-0.1, -0.05) is 12.1 Å². The van der Waals surface area contributed by atoms with E-state index in [2.05, 4.69) is 27.0 Å². The molecular weight excluding hydrogens is 327 g/mol. The highest BCUT2D eigenvalue weighted by Gasteiger charge is 2.17. The molecule has 2 aromatic carbocycles. The average molecular weight is 350 g/mol. The van der Waals surface area contributed by atoms with E-state index < -0.39 is 0 Å². The maximum absolute atomic E-state index is 14.5. The molecule has 0 saturated carbocycles. The highest BCUT2D eigenvalue weighted by molar-refractivity contribution is 5.99. The van der Waals surface area contributed by atoms with E-state index in [1.165, 1.54) is 6.07 Å². The Morgan fingerprint density at radius 3 is 2.85 bits per heavy atom. The molecule has 0 radical (unpaired) electrons. The maximum atomic E-state index is 14.5. The molecule has 3 aromatic rings. The van der Waals surface area contributed by atoms with Gasteiger partial charge in [-0.05, 0) is 55.3 Å². The van der Waals surface area contributed by atoms with E-state index in [1.54, 1.807) is 6.07 Å². The van der Waals surface area contributed by atoms with Gasteiger partial charge in [0.05, 0.1) is 0 Å². The molecule has 134 valence electrons. The minimum Gasteiger partial charge on any atom is -0.380 e. The molecule has 26 heavy (non-hydrogen) atoms. The van der Waals surface area contributed by atoms with Crippen LogP contribution in [0, 0.1) is 12.7 Å². The summed E-state index contributed by atoms with van der Waals surface area (Å²) in [4.78, 5) is 4.43. The van der Waals surface area contributed by atoms with Crippen molar-refractivity contribution >= 4 is 22.3 Å². The minimum absolute atomic E-state index is 0.197. The van der Waals surface area contributed by atoms with Crippen molar-refractivity contribution in [3.05, 3.63) is 54.0 Å². The van der Waals surface area contributed by atoms with Crippen LogP contribution in [0.25, 0.3) is 21.9 Å². The van der Waals surface area contributed by atoms with Crippen molar-refractivity contribution in [2.75, 3.05) is 30.8 Å². The standard InChI is InChI=1S/C21H23FN4/c1-13-4-3-5-18(22)21(13)14-8-15-11-25-20(23-2)10-17(15)19(9-14)26-16-6-7-24-12-16/h3-5,8-11,16,24,26H,6-7,12H2,1-2H3,(H,23,25). The first-order valence-electron chi connectivity index (χ1n) is 9.00. The second kappa shape index (κ2) is 6.92. The number of nitrogens with one attached hydrogen (secondary N) is 3. The van der Waals surface area contributed by atoms with Gasteiger partial charge in [-0.15, -0.1) is 0 Å². The Balaban J connectivity index is 1.89. The van der Waals surface area contributed by atoms with Gasteiger partial charge in [-0.3, -0.25) is 0 Å². The lowest BCUT2D eigenvalue weighted by atomic mass is 9.96. The molecule has 3 N–H and O–H groups in total. The molecule has 0 aliphatic carbocycles. The Morgan fingerprint density at radius 2 is 2.12 bits per heavy atom. The number of aryl methyl sites for hydroxylation is 1. The molecule has 0 bridgehead atoms. The molecule has 1 aliphatic heterocycles. The molecule has 1 saturated heterocycles. The van der Waals surface area contributed by atoms with Crippen LogP contribution in [-0.4, -0.2) is 31.2 Å². The zero-order chi connectivity index (χ0) is 18.1. The largest absolute Gasteiger partial charge is 0.380 e. The summed E-state index contributed by atoms with van der Waals surface area (Å²) >= 11 is 0. The zero-order valence-electron chi connectivity index (χ0n) is 15.1. The van der Waals surface area contributed by atoms with Crippen LogP contribution in [0.4, 0.5) is 15.9 Å². The summed E-state index contributed by atoms with van der Waals surface area (Å²) in [6.45, 7) is 3.90. The van der Waals surface area contributed by atoms with Crippen LogP contribution in [-0.2, 0) is 0 Å². The topological polar surface area (TPSA) is 49.0 Å². The summed E-state index contributed by atoms with van der Waals surface area (Å²) < 4.78 is 14.5. The fourth-order valence-electron chi connectivity index (χ4n) is 3.65. The molecule has 1 aromatic heterocycles. The number of halogens is 1. The SMILES string of the molecule is CNc1cc2c(NC3CCNC3)cc(-c3c(C)cccc3F)cc2cn1. The minimum atomic E-state index is -0.197. The lowest BCUT2D eigenvalue weighted by Crippen LogP contribution is -2.22. The van der Waals surface area contributed by atoms with E-state index in [0.717, 1.165) is 52.9 Å². The Hall–Kier alpha value is -2.66. The third-order valence-corrected chi connectivity index (χ3v) is 5.02. The van der Waals surface area contributed by atoms with Gasteiger partial charge < -0.3 is 16.0 Å². The Labute approximate surface area is 152 Å². The average Bonchev–Trinajstić information content (AvgIpc) is 3.14. The molecule has 1 atom stereocenters. The van der Waals surface area contributed by atoms with Crippen molar-refractivity contribution < 1.29 is 4.39 Å². The summed E-state index contributed by atoms with van der Waals surface area (Å²) in [6, 6.07) is 11.7. The summed E-state index contributed by atoms with van der Waals surface area (Å²) in [7, 11) is 1.86. The van der Waals surface area contributed by atoms with Gasteiger partial charge in [-0.25, -0.2) is 9.37 Å². The normalized spacial score (nSPS) is 16.8.